The molecule has 1 aromatic heterocycles. The maximum absolute atomic E-state index is 14.2. The largest absolute Gasteiger partial charge is 0.466 e. The van der Waals surface area contributed by atoms with Crippen molar-refractivity contribution in [2.24, 2.45) is 0 Å². The van der Waals surface area contributed by atoms with Gasteiger partial charge in [0.25, 0.3) is 0 Å². The number of imide groups is 1. The summed E-state index contributed by atoms with van der Waals surface area (Å²) < 4.78 is 37.9. The predicted octanol–water partition coefficient (Wildman–Crippen LogP) is 3.48. The van der Waals surface area contributed by atoms with Gasteiger partial charge in [-0.1, -0.05) is 12.1 Å². The number of carbonyl (C=O) groups is 3. The van der Waals surface area contributed by atoms with Gasteiger partial charge in [-0.15, -0.1) is 0 Å². The molecule has 0 saturated carbocycles. The molecule has 4 amide bonds. The smallest absolute Gasteiger partial charge is 0.338 e. The molecule has 3 heterocycles. The van der Waals surface area contributed by atoms with Crippen LogP contribution in [-0.2, 0) is 14.3 Å². The molecule has 4 rings (SSSR count). The summed E-state index contributed by atoms with van der Waals surface area (Å²) in [6, 6.07) is 5.89. The summed E-state index contributed by atoms with van der Waals surface area (Å²) in [6.45, 7) is 2.66. The second kappa shape index (κ2) is 13.4. The molecule has 0 unspecified atom stereocenters. The lowest BCUT2D eigenvalue weighted by Gasteiger charge is -2.36. The highest BCUT2D eigenvalue weighted by atomic mass is 19.2. The van der Waals surface area contributed by atoms with Gasteiger partial charge >= 0.3 is 18.0 Å². The van der Waals surface area contributed by atoms with E-state index in [4.69, 9.17) is 9.47 Å². The molecule has 1 fully saturated rings. The van der Waals surface area contributed by atoms with E-state index < -0.39 is 35.7 Å². The fourth-order valence-corrected chi connectivity index (χ4v) is 5.13. The molecule has 1 aromatic carbocycles. The molecule has 10 nitrogen and oxygen atoms in total. The monoisotopic (exact) mass is 561 g/mol. The molecule has 0 radical (unpaired) electrons. The molecular formula is C28H33F2N5O5. The Labute approximate surface area is 231 Å². The van der Waals surface area contributed by atoms with Crippen molar-refractivity contribution in [1.29, 1.82) is 0 Å². The number of rotatable bonds is 9. The van der Waals surface area contributed by atoms with Crippen molar-refractivity contribution in [1.82, 2.24) is 25.4 Å². The van der Waals surface area contributed by atoms with Crippen LogP contribution in [0, 0.1) is 11.6 Å². The Morgan fingerprint density at radius 1 is 1.12 bits per heavy atom. The van der Waals surface area contributed by atoms with Gasteiger partial charge in [-0.05, 0) is 68.7 Å². The van der Waals surface area contributed by atoms with Crippen LogP contribution in [0.25, 0.3) is 0 Å². The first-order valence-electron chi connectivity index (χ1n) is 13.1. The third kappa shape index (κ3) is 6.62. The van der Waals surface area contributed by atoms with Gasteiger partial charge in [0, 0.05) is 31.5 Å². The highest BCUT2D eigenvalue weighted by molar-refractivity contribution is 6.01. The summed E-state index contributed by atoms with van der Waals surface area (Å²) >= 11 is 0. The zero-order chi connectivity index (χ0) is 28.6. The van der Waals surface area contributed by atoms with E-state index in [1.165, 1.54) is 13.2 Å². The molecule has 2 N–H and O–H groups in total. The number of likely N-dealkylation sites (tertiary alicyclic amines) is 1. The molecule has 2 aliphatic heterocycles. The Bertz CT molecular complexity index is 1250. The number of benzene rings is 1. The standard InChI is InChI=1S/C28H33F2N5O5/c1-39-17-23-24(26(36)40-2)25(19-7-8-20(29)21(30)16-19)35(28(38)33-23)27(37)32-12-5-13-34-14-9-18(10-15-34)22-6-3-4-11-31-22/h3-4,6-8,11,16,18,25H,5,9-10,12-15,17H2,1-2H3,(H,32,37)(H,33,38)/t25-/m0/s1/i5+1,12+1,13+1,34+1. The van der Waals surface area contributed by atoms with E-state index in [2.05, 4.69) is 26.6 Å². The molecule has 0 aliphatic carbocycles. The van der Waals surface area contributed by atoms with Crippen molar-refractivity contribution in [2.75, 3.05) is 47.0 Å². The number of ether oxygens (including phenoxy) is 2. The number of nitrogens with one attached hydrogen (secondary N) is 2. The second-order valence-electron chi connectivity index (χ2n) is 9.65. The molecule has 1 saturated heterocycles. The van der Waals surface area contributed by atoms with Crippen molar-refractivity contribution in [2.45, 2.75) is 31.2 Å². The minimum absolute atomic E-state index is 0.0219. The quantitative estimate of drug-likeness (QED) is 0.209. The maximum atomic E-state index is 14.2. The van der Waals surface area contributed by atoms with Gasteiger partial charge in [0.05, 0.1) is 25.0 Å². The number of hydrogen-bond donors (Lipinski definition) is 2. The van der Waals surface area contributed by atoms with E-state index in [1.807, 2.05) is 18.3 Å². The van der Waals surface area contributed by atoms with E-state index >= 15 is 0 Å². The van der Waals surface area contributed by atoms with Crippen LogP contribution >= 0.6 is 0 Å². The summed E-state index contributed by atoms with van der Waals surface area (Å²) in [6.07, 6.45) is 4.44. The Balaban J connectivity index is 1.43. The van der Waals surface area contributed by atoms with Crippen LogP contribution in [0.1, 0.15) is 42.5 Å². The fraction of sp³-hybridized carbons (Fsp3) is 0.429. The molecule has 1 atom stereocenters. The molecule has 0 bridgehead atoms. The summed E-state index contributed by atoms with van der Waals surface area (Å²) in [5.41, 5.74) is 1.07. The number of hydrogen-bond acceptors (Lipinski definition) is 7. The summed E-state index contributed by atoms with van der Waals surface area (Å²) in [5.74, 6) is -2.71. The van der Waals surface area contributed by atoms with Crippen LogP contribution in [0.2, 0.25) is 0 Å². The number of carbonyl (C=O) groups excluding carboxylic acids is 3. The zero-order valence-electron chi connectivity index (χ0n) is 22.5. The van der Waals surface area contributed by atoms with E-state index in [0.717, 1.165) is 62.3 Å². The van der Waals surface area contributed by atoms with Crippen LogP contribution < -0.4 is 10.6 Å². The number of esters is 1. The van der Waals surface area contributed by atoms with Crippen LogP contribution in [-0.4, -0.2) is 79.8 Å². The van der Waals surface area contributed by atoms with Crippen LogP contribution in [0.3, 0.4) is 0 Å². The highest BCUT2D eigenvalue weighted by Gasteiger charge is 2.43. The minimum atomic E-state index is -1.37. The molecule has 40 heavy (non-hydrogen) atoms. The van der Waals surface area contributed by atoms with Gasteiger partial charge in [0.15, 0.2) is 11.6 Å². The van der Waals surface area contributed by atoms with Crippen molar-refractivity contribution in [3.05, 3.63) is 76.8 Å². The summed E-state index contributed by atoms with van der Waals surface area (Å²) in [4.78, 5) is 46.7. The average molecular weight is 562 g/mol. The molecule has 0 spiro atoms. The Hall–Kier alpha value is -3.90. The third-order valence-electron chi connectivity index (χ3n) is 7.13. The number of piperidine rings is 1. The highest BCUT2D eigenvalue weighted by Crippen LogP contribution is 2.35. The predicted molar refractivity (Wildman–Crippen MR) is 141 cm³/mol. The van der Waals surface area contributed by atoms with E-state index in [1.54, 1.807) is 0 Å². The zero-order valence-corrected chi connectivity index (χ0v) is 22.5. The Morgan fingerprint density at radius 3 is 2.55 bits per heavy atom. The van der Waals surface area contributed by atoms with Crippen molar-refractivity contribution >= 4 is 18.0 Å². The van der Waals surface area contributed by atoms with Crippen LogP contribution in [0.15, 0.2) is 53.9 Å². The SMILES string of the molecule is COCC1=C(C(=O)OC)[C@H](c2ccc(F)c(F)c2)N(C(=O)N[13CH2][13CH2][13CH2][15N]2CCC(c3ccccn3)CC2)C(=O)N1. The normalized spacial score (nSPS) is 18.4. The Morgan fingerprint density at radius 2 is 1.90 bits per heavy atom. The summed E-state index contributed by atoms with van der Waals surface area (Å²) in [5, 5.41) is 5.22. The Kier molecular flexibility index (Phi) is 9.78. The maximum Gasteiger partial charge on any atom is 0.338 e. The van der Waals surface area contributed by atoms with E-state index in [0.29, 0.717) is 12.3 Å². The molecule has 2 aliphatic rings. The first-order valence-corrected chi connectivity index (χ1v) is 13.1. The van der Waals surface area contributed by atoms with Crippen LogP contribution in [0.5, 0.6) is 0 Å². The molecule has 214 valence electrons. The summed E-state index contributed by atoms with van der Waals surface area (Å²) in [7, 11) is 2.50. The van der Waals surface area contributed by atoms with Gasteiger partial charge in [0.2, 0.25) is 0 Å². The lowest BCUT2D eigenvalue weighted by atomic mass is 9.93. The number of methoxy groups -OCH3 is 2. The lowest BCUT2D eigenvalue weighted by molar-refractivity contribution is -0.137. The van der Waals surface area contributed by atoms with Gasteiger partial charge in [-0.25, -0.2) is 28.1 Å². The molecular weight excluding hydrogens is 528 g/mol. The number of aromatic nitrogens is 1. The third-order valence-corrected chi connectivity index (χ3v) is 7.13. The van der Waals surface area contributed by atoms with Crippen molar-refractivity contribution in [3.63, 3.8) is 0 Å². The van der Waals surface area contributed by atoms with Crippen molar-refractivity contribution < 1.29 is 32.6 Å². The van der Waals surface area contributed by atoms with Crippen LogP contribution in [0.4, 0.5) is 18.4 Å². The van der Waals surface area contributed by atoms with E-state index in [-0.39, 0.29) is 30.0 Å². The average Bonchev–Trinajstić information content (AvgIpc) is 2.97. The van der Waals surface area contributed by atoms with Gasteiger partial charge in [0.1, 0.15) is 6.04 Å². The van der Waals surface area contributed by atoms with Crippen molar-refractivity contribution in [3.8, 4) is 0 Å². The number of pyridine rings is 1. The molecule has 12 heteroatoms. The minimum Gasteiger partial charge on any atom is -0.466 e. The lowest BCUT2D eigenvalue weighted by Crippen LogP contribution is -2.55. The van der Waals surface area contributed by atoms with Gasteiger partial charge in [-0.3, -0.25) is 4.98 Å². The number of nitrogens with zero attached hydrogens (tertiary/aromatic N) is 3. The first kappa shape index (κ1) is 29.1. The number of amides is 4. The second-order valence-corrected chi connectivity index (χ2v) is 9.65. The van der Waals surface area contributed by atoms with Gasteiger partial charge < -0.3 is 25.0 Å². The van der Waals surface area contributed by atoms with Gasteiger partial charge in [-0.2, -0.15) is 0 Å². The topological polar surface area (TPSA) is 113 Å². The fourth-order valence-electron chi connectivity index (χ4n) is 5.13. The van der Waals surface area contributed by atoms with E-state index in [9.17, 15) is 23.2 Å². The number of urea groups is 2. The number of halogens is 2. The first-order chi connectivity index (χ1) is 19.3. The molecule has 2 aromatic rings.